The highest BCUT2D eigenvalue weighted by atomic mass is 16.6. The van der Waals surface area contributed by atoms with Gasteiger partial charge in [0.15, 0.2) is 11.5 Å². The summed E-state index contributed by atoms with van der Waals surface area (Å²) >= 11 is 0. The van der Waals surface area contributed by atoms with Gasteiger partial charge in [0.25, 0.3) is 0 Å². The van der Waals surface area contributed by atoms with Crippen LogP contribution in [0.1, 0.15) is 77.9 Å². The van der Waals surface area contributed by atoms with Crippen molar-refractivity contribution in [3.8, 4) is 11.5 Å². The van der Waals surface area contributed by atoms with E-state index in [0.29, 0.717) is 29.2 Å². The molecule has 0 N–H and O–H groups in total. The second kappa shape index (κ2) is 12.2. The third-order valence-electron chi connectivity index (χ3n) is 5.60. The Labute approximate surface area is 202 Å². The van der Waals surface area contributed by atoms with Crippen LogP contribution < -0.4 is 9.47 Å². The van der Waals surface area contributed by atoms with Crippen LogP contribution in [0.25, 0.3) is 0 Å². The Bertz CT molecular complexity index is 1130. The van der Waals surface area contributed by atoms with Gasteiger partial charge in [-0.25, -0.2) is 9.59 Å². The van der Waals surface area contributed by atoms with Crippen molar-refractivity contribution < 1.29 is 19.1 Å². The number of aryl methyl sites for hydroxylation is 2. The number of hydrogen-bond donors (Lipinski definition) is 0. The van der Waals surface area contributed by atoms with Gasteiger partial charge in [0.05, 0.1) is 11.1 Å². The fraction of sp³-hybridized carbons (Fsp3) is 0.333. The lowest BCUT2D eigenvalue weighted by Gasteiger charge is -2.17. The predicted octanol–water partition coefficient (Wildman–Crippen LogP) is 7.23. The van der Waals surface area contributed by atoms with E-state index in [2.05, 4.69) is 27.7 Å². The number of rotatable bonds is 10. The van der Waals surface area contributed by atoms with Crippen LogP contribution in [0.15, 0.2) is 66.7 Å². The van der Waals surface area contributed by atoms with Crippen LogP contribution in [0.5, 0.6) is 11.5 Å². The van der Waals surface area contributed by atoms with Crippen LogP contribution in [-0.4, -0.2) is 11.9 Å². The molecule has 4 heteroatoms. The lowest BCUT2D eigenvalue weighted by Crippen LogP contribution is -2.16. The van der Waals surface area contributed by atoms with Gasteiger partial charge in [-0.1, -0.05) is 89.1 Å². The van der Waals surface area contributed by atoms with Crippen LogP contribution in [0.3, 0.4) is 0 Å². The van der Waals surface area contributed by atoms with Crippen molar-refractivity contribution in [1.29, 1.82) is 0 Å². The van der Waals surface area contributed by atoms with Crippen molar-refractivity contribution in [1.82, 2.24) is 0 Å². The van der Waals surface area contributed by atoms with Crippen molar-refractivity contribution in [2.24, 2.45) is 5.92 Å². The zero-order valence-electron chi connectivity index (χ0n) is 20.6. The summed E-state index contributed by atoms with van der Waals surface area (Å²) in [5.41, 5.74) is 3.80. The second-order valence-electron chi connectivity index (χ2n) is 8.94. The second-order valence-corrected chi connectivity index (χ2v) is 8.94. The maximum Gasteiger partial charge on any atom is 0.343 e. The average molecular weight is 459 g/mol. The Morgan fingerprint density at radius 3 is 1.71 bits per heavy atom. The minimum Gasteiger partial charge on any atom is -0.419 e. The molecule has 3 aromatic rings. The Balaban J connectivity index is 1.97. The number of hydrogen-bond acceptors (Lipinski definition) is 4. The van der Waals surface area contributed by atoms with Crippen LogP contribution in [0.2, 0.25) is 0 Å². The van der Waals surface area contributed by atoms with Crippen molar-refractivity contribution >= 4 is 11.9 Å². The maximum absolute atomic E-state index is 13.2. The smallest absolute Gasteiger partial charge is 0.343 e. The summed E-state index contributed by atoms with van der Waals surface area (Å²) in [5, 5.41) is 0. The molecule has 0 amide bonds. The van der Waals surface area contributed by atoms with Crippen LogP contribution in [0.4, 0.5) is 0 Å². The molecule has 34 heavy (non-hydrogen) atoms. The molecule has 0 atom stereocenters. The molecule has 3 aromatic carbocycles. The fourth-order valence-electron chi connectivity index (χ4n) is 4.07. The number of para-hydroxylation sites is 1. The van der Waals surface area contributed by atoms with E-state index in [0.717, 1.165) is 42.4 Å². The average Bonchev–Trinajstić information content (AvgIpc) is 2.82. The summed E-state index contributed by atoms with van der Waals surface area (Å²) in [6, 6.07) is 20.4. The van der Waals surface area contributed by atoms with Gasteiger partial charge >= 0.3 is 11.9 Å². The Kier molecular flexibility index (Phi) is 9.03. The number of carbonyl (C=O) groups is 2. The third kappa shape index (κ3) is 6.34. The zero-order valence-corrected chi connectivity index (χ0v) is 20.6. The summed E-state index contributed by atoms with van der Waals surface area (Å²) in [6.07, 6.45) is 4.11. The van der Waals surface area contributed by atoms with Gasteiger partial charge in [-0.15, -0.1) is 0 Å². The van der Waals surface area contributed by atoms with E-state index in [1.165, 1.54) is 0 Å². The highest BCUT2D eigenvalue weighted by molar-refractivity contribution is 5.95. The molecule has 0 saturated carbocycles. The van der Waals surface area contributed by atoms with E-state index >= 15 is 0 Å². The van der Waals surface area contributed by atoms with E-state index in [1.807, 2.05) is 48.5 Å². The molecule has 178 valence electrons. The molecule has 0 unspecified atom stereocenters. The number of benzene rings is 3. The molecule has 0 aliphatic heterocycles. The van der Waals surface area contributed by atoms with Crippen molar-refractivity contribution in [3.05, 3.63) is 94.5 Å². The Morgan fingerprint density at radius 2 is 1.18 bits per heavy atom. The van der Waals surface area contributed by atoms with E-state index in [1.54, 1.807) is 18.2 Å². The first-order valence-corrected chi connectivity index (χ1v) is 12.2. The topological polar surface area (TPSA) is 52.6 Å². The lowest BCUT2D eigenvalue weighted by atomic mass is 10.0. The third-order valence-corrected chi connectivity index (χ3v) is 5.60. The molecule has 4 nitrogen and oxygen atoms in total. The number of ether oxygens (including phenoxy) is 2. The fourth-order valence-corrected chi connectivity index (χ4v) is 4.07. The normalized spacial score (nSPS) is 10.9. The van der Waals surface area contributed by atoms with Gasteiger partial charge in [-0.05, 0) is 60.1 Å². The Morgan fingerprint density at radius 1 is 0.676 bits per heavy atom. The lowest BCUT2D eigenvalue weighted by molar-refractivity contribution is 0.0679. The highest BCUT2D eigenvalue weighted by Crippen LogP contribution is 2.35. The number of esters is 2. The summed E-state index contributed by atoms with van der Waals surface area (Å²) in [6.45, 7) is 8.35. The van der Waals surface area contributed by atoms with E-state index in [-0.39, 0.29) is 5.75 Å². The van der Waals surface area contributed by atoms with Gasteiger partial charge in [0.1, 0.15) is 0 Å². The molecule has 0 aliphatic carbocycles. The summed E-state index contributed by atoms with van der Waals surface area (Å²) < 4.78 is 11.8. The van der Waals surface area contributed by atoms with Gasteiger partial charge in [-0.3, -0.25) is 0 Å². The van der Waals surface area contributed by atoms with Crippen LogP contribution in [-0.2, 0) is 19.3 Å². The molecule has 0 heterocycles. The van der Waals surface area contributed by atoms with E-state index < -0.39 is 11.9 Å². The molecule has 3 rings (SSSR count). The zero-order chi connectivity index (χ0) is 24.5. The molecule has 0 spiro atoms. The molecular formula is C30H34O4. The van der Waals surface area contributed by atoms with E-state index in [9.17, 15) is 9.59 Å². The van der Waals surface area contributed by atoms with Gasteiger partial charge < -0.3 is 9.47 Å². The SMILES string of the molecule is CCCc1ccccc1C(=O)Oc1cccc(CC(C)C)c1OC(=O)c1ccccc1CCC. The molecule has 0 radical (unpaired) electrons. The Hall–Kier alpha value is -3.40. The predicted molar refractivity (Wildman–Crippen MR) is 136 cm³/mol. The quantitative estimate of drug-likeness (QED) is 0.238. The maximum atomic E-state index is 13.2. The van der Waals surface area contributed by atoms with Gasteiger partial charge in [-0.2, -0.15) is 0 Å². The minimum atomic E-state index is -0.450. The first kappa shape index (κ1) is 25.2. The molecular weight excluding hydrogens is 424 g/mol. The summed E-state index contributed by atoms with van der Waals surface area (Å²) in [5.74, 6) is 0.0176. The van der Waals surface area contributed by atoms with Crippen molar-refractivity contribution in [2.45, 2.75) is 59.8 Å². The van der Waals surface area contributed by atoms with Gasteiger partial charge in [0.2, 0.25) is 0 Å². The molecule has 0 bridgehead atoms. The molecule has 0 saturated heterocycles. The summed E-state index contributed by atoms with van der Waals surface area (Å²) in [4.78, 5) is 26.4. The number of carbonyl (C=O) groups excluding carboxylic acids is 2. The molecule has 0 aliphatic rings. The van der Waals surface area contributed by atoms with Crippen molar-refractivity contribution in [2.75, 3.05) is 0 Å². The molecule has 0 fully saturated rings. The van der Waals surface area contributed by atoms with Gasteiger partial charge in [0, 0.05) is 0 Å². The van der Waals surface area contributed by atoms with Crippen LogP contribution in [0, 0.1) is 5.92 Å². The largest absolute Gasteiger partial charge is 0.419 e. The van der Waals surface area contributed by atoms with Crippen molar-refractivity contribution in [3.63, 3.8) is 0 Å². The minimum absolute atomic E-state index is 0.260. The highest BCUT2D eigenvalue weighted by Gasteiger charge is 2.22. The standard InChI is InChI=1S/C30H34O4/c1-5-12-22-14-7-9-17-25(22)29(31)33-27-19-11-16-24(20-21(3)4)28(27)34-30(32)26-18-10-8-15-23(26)13-6-2/h7-11,14-19,21H,5-6,12-13,20H2,1-4H3. The van der Waals surface area contributed by atoms with Crippen LogP contribution >= 0.6 is 0 Å². The first-order valence-electron chi connectivity index (χ1n) is 12.2. The monoisotopic (exact) mass is 458 g/mol. The summed E-state index contributed by atoms with van der Waals surface area (Å²) in [7, 11) is 0. The first-order chi connectivity index (χ1) is 16.4. The van der Waals surface area contributed by atoms with E-state index in [4.69, 9.17) is 9.47 Å². The molecule has 0 aromatic heterocycles.